The Morgan fingerprint density at radius 3 is 1.69 bits per heavy atom. The standard InChI is InChI=1S/C10H12O3.3C4H9.Sn/c1-12-9-3-5-10(6-4-9)13-8-2-7-11;3*1-3-4-2;/h2-6,8,11H,7H2,1H3;3*1,3-4H2,2H3;/b8-2-;;;;. The number of hydrogen-bond donors (Lipinski definition) is 1. The molecule has 149 valence electrons. The minimum atomic E-state index is -0.839. The summed E-state index contributed by atoms with van der Waals surface area (Å²) in [5.74, 6) is 1.50. The van der Waals surface area contributed by atoms with E-state index in [1.807, 2.05) is 12.1 Å². The minimum Gasteiger partial charge on any atom is -0.497 e. The van der Waals surface area contributed by atoms with Gasteiger partial charge >= 0.3 is 92.4 Å². The maximum Gasteiger partial charge on any atom is 0.126 e. The first-order valence-corrected chi connectivity index (χ1v) is 16.2. The largest absolute Gasteiger partial charge is 0.497 e. The van der Waals surface area contributed by atoms with Gasteiger partial charge in [0.05, 0.1) is 20.0 Å². The molecule has 4 heteroatoms. The Labute approximate surface area is 168 Å². The molecule has 0 amide bonds. The maximum absolute atomic E-state index is 8.44. The van der Waals surface area contributed by atoms with Crippen molar-refractivity contribution in [2.24, 2.45) is 0 Å². The summed E-state index contributed by atoms with van der Waals surface area (Å²) in [6, 6.07) is 7.20. The number of rotatable bonds is 13. The van der Waals surface area contributed by atoms with E-state index in [0.29, 0.717) is 5.75 Å². The summed E-state index contributed by atoms with van der Waals surface area (Å²) < 4.78 is 15.2. The fourth-order valence-electron chi connectivity index (χ4n) is 2.48. The van der Waals surface area contributed by atoms with Crippen molar-refractivity contribution < 1.29 is 14.6 Å². The number of hydrogen-bond acceptors (Lipinski definition) is 3. The van der Waals surface area contributed by atoms with Crippen LogP contribution in [0.3, 0.4) is 0 Å². The molecule has 1 aromatic rings. The summed E-state index contributed by atoms with van der Waals surface area (Å²) in [5.41, 5.74) is 0. The molecule has 0 unspecified atom stereocenters. The van der Waals surface area contributed by atoms with Gasteiger partial charge in [-0.15, -0.1) is 0 Å². The van der Waals surface area contributed by atoms with Crippen LogP contribution in [-0.4, -0.2) is 38.6 Å². The smallest absolute Gasteiger partial charge is 0.126 e. The van der Waals surface area contributed by atoms with Crippen molar-refractivity contribution in [1.29, 1.82) is 0 Å². The Hall–Kier alpha value is -0.681. The molecule has 3 nitrogen and oxygen atoms in total. The number of ether oxygens (including phenoxy) is 2. The number of unbranched alkanes of at least 4 members (excludes halogenated alkanes) is 3. The molecule has 0 aliphatic heterocycles. The van der Waals surface area contributed by atoms with Crippen LogP contribution >= 0.6 is 0 Å². The van der Waals surface area contributed by atoms with E-state index in [1.54, 1.807) is 32.6 Å². The summed E-state index contributed by atoms with van der Waals surface area (Å²) in [6.45, 7) is 6.98. The van der Waals surface area contributed by atoms with Gasteiger partial charge in [0.1, 0.15) is 11.5 Å². The Bertz CT molecular complexity index is 412. The molecule has 1 N–H and O–H groups in total. The minimum absolute atomic E-state index is 0.0177. The summed E-state index contributed by atoms with van der Waals surface area (Å²) in [4.78, 5) is 0. The summed E-state index contributed by atoms with van der Waals surface area (Å²) in [5, 5.41) is 8.44. The van der Waals surface area contributed by atoms with Crippen molar-refractivity contribution in [1.82, 2.24) is 0 Å². The van der Waals surface area contributed by atoms with E-state index >= 15 is 0 Å². The third-order valence-electron chi connectivity index (χ3n) is 4.12. The van der Waals surface area contributed by atoms with Gasteiger partial charge in [-0.25, -0.2) is 0 Å². The zero-order valence-electron chi connectivity index (χ0n) is 17.3. The van der Waals surface area contributed by atoms with Gasteiger partial charge in [0, 0.05) is 0 Å². The van der Waals surface area contributed by atoms with E-state index in [-0.39, 0.29) is 6.61 Å². The summed E-state index contributed by atoms with van der Waals surface area (Å²) >= 11 is -0.839. The quantitative estimate of drug-likeness (QED) is 0.266. The van der Waals surface area contributed by atoms with Gasteiger partial charge < -0.3 is 14.6 Å². The van der Waals surface area contributed by atoms with E-state index in [1.165, 1.54) is 50.9 Å². The Morgan fingerprint density at radius 2 is 1.31 bits per heavy atom. The molecular weight excluding hydrogens is 431 g/mol. The molecule has 26 heavy (non-hydrogen) atoms. The second-order valence-electron chi connectivity index (χ2n) is 6.41. The molecule has 1 rings (SSSR count). The van der Waals surface area contributed by atoms with Crippen LogP contribution in [0, 0.1) is 0 Å². The van der Waals surface area contributed by atoms with Crippen LogP contribution in [0.1, 0.15) is 59.3 Å². The van der Waals surface area contributed by atoms with E-state index in [4.69, 9.17) is 14.6 Å². The third-order valence-corrected chi connectivity index (χ3v) is 13.2. The van der Waals surface area contributed by atoms with E-state index in [9.17, 15) is 0 Å². The normalized spacial score (nSPS) is 10.7. The van der Waals surface area contributed by atoms with Crippen molar-refractivity contribution in [3.8, 4) is 11.5 Å². The van der Waals surface area contributed by atoms with Gasteiger partial charge in [-0.2, -0.15) is 0 Å². The summed E-state index contributed by atoms with van der Waals surface area (Å²) in [6.07, 6.45) is 11.8. The van der Waals surface area contributed by atoms with Gasteiger partial charge in [0.2, 0.25) is 0 Å². The van der Waals surface area contributed by atoms with Gasteiger partial charge in [0.15, 0.2) is 0 Å². The molecular formula is C22H39O3Sn. The predicted molar refractivity (Wildman–Crippen MR) is 115 cm³/mol. The molecule has 0 saturated heterocycles. The van der Waals surface area contributed by atoms with Gasteiger partial charge in [-0.3, -0.25) is 0 Å². The first kappa shape index (κ1) is 25.3. The van der Waals surface area contributed by atoms with Gasteiger partial charge in [-0.1, -0.05) is 0 Å². The van der Waals surface area contributed by atoms with Crippen LogP contribution in [0.5, 0.6) is 11.5 Å². The van der Waals surface area contributed by atoms with Crippen molar-refractivity contribution in [3.63, 3.8) is 0 Å². The molecule has 0 atom stereocenters. The summed E-state index contributed by atoms with van der Waals surface area (Å²) in [7, 11) is 1.61. The number of aliphatic hydroxyl groups excluding tert-OH is 1. The second kappa shape index (κ2) is 19.1. The Balaban J connectivity index is 0.000000481. The van der Waals surface area contributed by atoms with Crippen LogP contribution in [0.25, 0.3) is 0 Å². The van der Waals surface area contributed by atoms with Crippen LogP contribution < -0.4 is 9.47 Å². The molecule has 0 saturated carbocycles. The van der Waals surface area contributed by atoms with Crippen LogP contribution in [-0.2, 0) is 0 Å². The SMILES string of the molecule is CCC[CH2][Sn]([CH2]CCC)[CH2]CCC.COc1ccc(O/C=C\CO)cc1. The fraction of sp³-hybridized carbons (Fsp3) is 0.636. The molecule has 0 spiro atoms. The molecule has 0 heterocycles. The number of methoxy groups -OCH3 is 1. The van der Waals surface area contributed by atoms with Crippen LogP contribution in [0.2, 0.25) is 13.3 Å². The van der Waals surface area contributed by atoms with E-state index in [0.717, 1.165) is 5.75 Å². The molecule has 0 fully saturated rings. The molecule has 0 aliphatic rings. The fourth-order valence-corrected chi connectivity index (χ4v) is 11.9. The zero-order valence-corrected chi connectivity index (χ0v) is 20.2. The Morgan fingerprint density at radius 1 is 0.846 bits per heavy atom. The third kappa shape index (κ3) is 14.5. The molecule has 1 aromatic carbocycles. The Kier molecular flexibility index (Phi) is 18.6. The predicted octanol–water partition coefficient (Wildman–Crippen LogP) is 6.46. The van der Waals surface area contributed by atoms with Gasteiger partial charge in [-0.05, 0) is 30.3 Å². The monoisotopic (exact) mass is 471 g/mol. The van der Waals surface area contributed by atoms with Crippen LogP contribution in [0.15, 0.2) is 36.6 Å². The first-order valence-electron chi connectivity index (χ1n) is 10.1. The van der Waals surface area contributed by atoms with Crippen molar-refractivity contribution in [2.45, 2.75) is 72.6 Å². The molecule has 0 aliphatic carbocycles. The maximum atomic E-state index is 8.44. The first-order chi connectivity index (χ1) is 12.7. The van der Waals surface area contributed by atoms with Crippen LogP contribution in [0.4, 0.5) is 0 Å². The van der Waals surface area contributed by atoms with E-state index in [2.05, 4.69) is 20.8 Å². The van der Waals surface area contributed by atoms with Gasteiger partial charge in [0.25, 0.3) is 0 Å². The zero-order chi connectivity index (χ0) is 19.5. The molecule has 0 aromatic heterocycles. The van der Waals surface area contributed by atoms with Crippen molar-refractivity contribution >= 4 is 19.8 Å². The molecule has 1 radical (unpaired) electrons. The molecule has 0 bridgehead atoms. The topological polar surface area (TPSA) is 38.7 Å². The second-order valence-corrected chi connectivity index (χ2v) is 15.0. The van der Waals surface area contributed by atoms with Crippen molar-refractivity contribution in [3.05, 3.63) is 36.6 Å². The van der Waals surface area contributed by atoms with Crippen molar-refractivity contribution in [2.75, 3.05) is 13.7 Å². The number of benzene rings is 1. The van der Waals surface area contributed by atoms with E-state index < -0.39 is 19.8 Å². The average Bonchev–Trinajstić information content (AvgIpc) is 2.68. The number of aliphatic hydroxyl groups is 1. The average molecular weight is 470 g/mol.